The Morgan fingerprint density at radius 1 is 0.459 bits per heavy atom. The predicted molar refractivity (Wildman–Crippen MR) is 388 cm³/mol. The lowest BCUT2D eigenvalue weighted by Gasteiger charge is -2.30. The van der Waals surface area contributed by atoms with E-state index in [0.717, 1.165) is 4.90 Å². The average Bonchev–Trinajstić information content (AvgIpc) is 1.71. The molecule has 0 bridgehead atoms. The van der Waals surface area contributed by atoms with Gasteiger partial charge in [0.25, 0.3) is 0 Å². The average molecular weight is 1560 g/mol. The van der Waals surface area contributed by atoms with Gasteiger partial charge in [0.05, 0.1) is 19.1 Å². The molecule has 109 heavy (non-hydrogen) atoms. The van der Waals surface area contributed by atoms with Crippen LogP contribution < -0.4 is 87.6 Å². The number of benzene rings is 2. The van der Waals surface area contributed by atoms with Crippen molar-refractivity contribution in [2.24, 2.45) is 44.4 Å². The molecule has 2 aromatic rings. The van der Waals surface area contributed by atoms with E-state index in [1.165, 1.54) is 24.3 Å². The fourth-order valence-electron chi connectivity index (χ4n) is 10.9. The van der Waals surface area contributed by atoms with Crippen LogP contribution in [0.1, 0.15) is 114 Å². The van der Waals surface area contributed by atoms with Crippen LogP contribution in [0.15, 0.2) is 64.6 Å². The predicted octanol–water partition coefficient (Wildman–Crippen LogP) is -7.34. The van der Waals surface area contributed by atoms with Crippen LogP contribution in [0.5, 0.6) is 5.75 Å². The quantitative estimate of drug-likeness (QED) is 0.0127. The molecule has 1 heterocycles. The van der Waals surface area contributed by atoms with Gasteiger partial charge in [-0.05, 0) is 113 Å². The van der Waals surface area contributed by atoms with Crippen molar-refractivity contribution in [3.8, 4) is 5.75 Å². The highest BCUT2D eigenvalue weighted by Gasteiger charge is 2.42. The number of guanidine groups is 2. The molecule has 1 aliphatic heterocycles. The van der Waals surface area contributed by atoms with Gasteiger partial charge in [0.1, 0.15) is 72.2 Å². The van der Waals surface area contributed by atoms with E-state index in [1.54, 1.807) is 30.3 Å². The number of nitrogens with one attached hydrogen (secondary N) is 10. The number of aliphatic imine (C=N–C) groups is 2. The largest absolute Gasteiger partial charge is 0.508 e. The Morgan fingerprint density at radius 3 is 1.30 bits per heavy atom. The number of carboxylic acids is 5. The number of hydrogen-bond donors (Lipinski definition) is 24. The van der Waals surface area contributed by atoms with Gasteiger partial charge in [-0.1, -0.05) is 42.5 Å². The van der Waals surface area contributed by atoms with E-state index in [-0.39, 0.29) is 101 Å². The molecule has 43 heteroatoms. The first-order chi connectivity index (χ1) is 51.6. The number of phenols is 1. The lowest BCUT2D eigenvalue weighted by atomic mass is 10.0. The lowest BCUT2D eigenvalue weighted by molar-refractivity contribution is -0.144. The first-order valence-corrected chi connectivity index (χ1v) is 35.2. The van der Waals surface area contributed by atoms with Gasteiger partial charge in [-0.25, -0.2) is 4.79 Å². The van der Waals surface area contributed by atoms with E-state index in [4.69, 9.17) is 34.4 Å². The van der Waals surface area contributed by atoms with Crippen molar-refractivity contribution in [3.63, 3.8) is 0 Å². The number of hydrogen-bond acceptors (Lipinski definition) is 23. The number of aliphatic hydroxyl groups excluding tert-OH is 1. The van der Waals surface area contributed by atoms with Crippen LogP contribution in [-0.2, 0) is 89.6 Å². The van der Waals surface area contributed by atoms with E-state index in [1.807, 2.05) is 0 Å². The zero-order valence-corrected chi connectivity index (χ0v) is 60.4. The summed E-state index contributed by atoms with van der Waals surface area (Å²) < 4.78 is 0. The highest BCUT2D eigenvalue weighted by molar-refractivity contribution is 7.80. The molecule has 12 atom stereocenters. The summed E-state index contributed by atoms with van der Waals surface area (Å²) in [4.78, 5) is 223. The molecule has 1 aliphatic rings. The van der Waals surface area contributed by atoms with Crippen molar-refractivity contribution in [1.29, 1.82) is 0 Å². The summed E-state index contributed by atoms with van der Waals surface area (Å²) in [5.41, 5.74) is 34.4. The molecule has 0 spiro atoms. The number of thiol groups is 1. The SMILES string of the molecule is NCCCC[C@H](NC(=O)[C@H](CCCN=C(N)N)NC(=O)[C@H](CS)NC(=O)[C@H](Cc1ccc(O)cc1)NC(=O)[C@H](CCC(=O)O)NC(=O)[C@@H]1CCCN1C(=O)[C@H](CO)NC(=O)[C@H](CC(=O)O)NC(=O)[C@H](CCC(=O)O)NC(=O)[C@H](CCC(=O)O)NC(=O)[C@H](CCCN=C(N)N)NC(=O)[C@@H](N)Cc1ccccc1)C(=O)O. The number of carbonyl (C=O) groups is 16. The Labute approximate surface area is 630 Å². The first kappa shape index (κ1) is 91.7. The zero-order chi connectivity index (χ0) is 81.4. The molecule has 0 unspecified atom stereocenters. The fourth-order valence-corrected chi connectivity index (χ4v) is 11.2. The summed E-state index contributed by atoms with van der Waals surface area (Å²) in [5.74, 6) is -21.6. The molecule has 29 N–H and O–H groups in total. The molecule has 602 valence electrons. The second-order valence-electron chi connectivity index (χ2n) is 25.2. The van der Waals surface area contributed by atoms with Crippen molar-refractivity contribution in [2.45, 2.75) is 188 Å². The monoisotopic (exact) mass is 1560 g/mol. The molecular formula is C66H99N19O23S. The number of aliphatic hydroxyl groups is 1. The Kier molecular flexibility index (Phi) is 40.4. The lowest BCUT2D eigenvalue weighted by Crippen LogP contribution is -2.61. The maximum atomic E-state index is 14.4. The third kappa shape index (κ3) is 34.3. The number of carbonyl (C=O) groups excluding carboxylic acids is 11. The van der Waals surface area contributed by atoms with E-state index >= 15 is 0 Å². The third-order valence-electron chi connectivity index (χ3n) is 16.7. The highest BCUT2D eigenvalue weighted by Crippen LogP contribution is 2.21. The summed E-state index contributed by atoms with van der Waals surface area (Å²) in [5, 5.41) is 92.7. The van der Waals surface area contributed by atoms with Crippen molar-refractivity contribution >= 4 is 119 Å². The maximum Gasteiger partial charge on any atom is 0.326 e. The van der Waals surface area contributed by atoms with Crippen LogP contribution in [0, 0.1) is 0 Å². The van der Waals surface area contributed by atoms with Gasteiger partial charge in [-0.15, -0.1) is 0 Å². The molecule has 3 rings (SSSR count). The van der Waals surface area contributed by atoms with Crippen molar-refractivity contribution < 1.29 is 112 Å². The minimum absolute atomic E-state index is 0.0162. The number of nitrogens with zero attached hydrogens (tertiary/aromatic N) is 3. The Bertz CT molecular complexity index is 3530. The molecule has 0 aliphatic carbocycles. The standard InChI is InChI=1S/C66H99N19O23S/c67-25-5-4-11-43(64(107)108)80-55(98)39(13-7-27-74-66(71)72)76-61(104)47(33-109)84-59(102)44(30-35-15-17-36(87)18-16-35)81-58(101)42(21-24-51(92)93)79-62(105)48-14-8-28-85(48)63(106)46(32-86)83-60(103)45(31-52(94)95)82-57(100)41(20-23-50(90)91)78-56(99)40(19-22-49(88)89)77-54(97)38(12-6-26-73-65(69)70)75-53(96)37(68)29-34-9-2-1-3-10-34/h1-3,9-10,15-18,37-48,86-87,109H,4-8,11-14,19-33,67-68H2,(H,75,96)(H,76,104)(H,77,97)(H,78,99)(H,79,105)(H,80,98)(H,81,101)(H,82,100)(H,83,103)(H,84,102)(H,88,89)(H,90,91)(H,92,93)(H,94,95)(H,107,108)(H4,69,70,73)(H4,71,72,74)/t37-,38-,39-,40-,41-,42-,43-,44-,45-,46-,47-,48-/m0/s1. The van der Waals surface area contributed by atoms with Crippen molar-refractivity contribution in [2.75, 3.05) is 38.5 Å². The smallest absolute Gasteiger partial charge is 0.326 e. The summed E-state index contributed by atoms with van der Waals surface area (Å²) in [6.45, 7) is -1.37. The summed E-state index contributed by atoms with van der Waals surface area (Å²) in [6.07, 6.45) is -5.92. The number of unbranched alkanes of at least 4 members (excludes halogenated alkanes) is 1. The molecule has 11 amide bonds. The second kappa shape index (κ2) is 48.0. The van der Waals surface area contributed by atoms with Gasteiger partial charge in [-0.2, -0.15) is 12.6 Å². The Hall–Kier alpha value is -11.5. The zero-order valence-electron chi connectivity index (χ0n) is 59.5. The summed E-state index contributed by atoms with van der Waals surface area (Å²) >= 11 is 4.23. The van der Waals surface area contributed by atoms with Crippen LogP contribution >= 0.6 is 12.6 Å². The number of aliphatic carboxylic acids is 5. The number of phenolic OH excluding ortho intramolecular Hbond substituents is 1. The van der Waals surface area contributed by atoms with Crippen LogP contribution in [-0.4, -0.2) is 258 Å². The molecule has 0 radical (unpaired) electrons. The van der Waals surface area contributed by atoms with Gasteiger partial charge in [-0.3, -0.25) is 81.9 Å². The molecule has 1 fully saturated rings. The number of carboxylic acid groups (broad SMARTS) is 5. The van der Waals surface area contributed by atoms with Gasteiger partial charge in [0.15, 0.2) is 11.9 Å². The summed E-state index contributed by atoms with van der Waals surface area (Å²) in [6, 6.07) is -6.63. The molecule has 0 saturated carbocycles. The topological polar surface area (TPSA) is 719 Å². The molecule has 0 aromatic heterocycles. The number of nitrogens with two attached hydrogens (primary N) is 6. The van der Waals surface area contributed by atoms with Gasteiger partial charge in [0.2, 0.25) is 65.0 Å². The van der Waals surface area contributed by atoms with E-state index < -0.39 is 231 Å². The second-order valence-corrected chi connectivity index (χ2v) is 25.6. The number of rotatable bonds is 51. The maximum absolute atomic E-state index is 14.4. The minimum atomic E-state index is -2.22. The molecular weight excluding hydrogens is 1460 g/mol. The van der Waals surface area contributed by atoms with Crippen LogP contribution in [0.3, 0.4) is 0 Å². The van der Waals surface area contributed by atoms with Crippen molar-refractivity contribution in [1.82, 2.24) is 58.1 Å². The molecule has 1 saturated heterocycles. The van der Waals surface area contributed by atoms with E-state index in [9.17, 15) is 112 Å². The van der Waals surface area contributed by atoms with Gasteiger partial charge >= 0.3 is 29.8 Å². The number of aromatic hydroxyl groups is 1. The highest BCUT2D eigenvalue weighted by atomic mass is 32.1. The third-order valence-corrected chi connectivity index (χ3v) is 17.0. The van der Waals surface area contributed by atoms with Crippen LogP contribution in [0.2, 0.25) is 0 Å². The van der Waals surface area contributed by atoms with E-state index in [2.05, 4.69) is 75.8 Å². The van der Waals surface area contributed by atoms with Crippen LogP contribution in [0.4, 0.5) is 0 Å². The molecule has 42 nitrogen and oxygen atoms in total. The van der Waals surface area contributed by atoms with Gasteiger partial charge in [0, 0.05) is 51.1 Å². The van der Waals surface area contributed by atoms with Crippen molar-refractivity contribution in [3.05, 3.63) is 65.7 Å². The number of likely N-dealkylation sites (tertiary alicyclic amines) is 1. The summed E-state index contributed by atoms with van der Waals surface area (Å²) in [7, 11) is 0. The fraction of sp³-hybridized carbons (Fsp3) is 0.545. The normalized spacial score (nSPS) is 15.3. The minimum Gasteiger partial charge on any atom is -0.508 e. The Balaban J connectivity index is 1.91. The molecule has 2 aromatic carbocycles. The number of amides is 11. The van der Waals surface area contributed by atoms with E-state index in [0.29, 0.717) is 18.4 Å². The Morgan fingerprint density at radius 2 is 0.853 bits per heavy atom. The van der Waals surface area contributed by atoms with Gasteiger partial charge < -0.3 is 128 Å². The van der Waals surface area contributed by atoms with Crippen LogP contribution in [0.25, 0.3) is 0 Å². The first-order valence-electron chi connectivity index (χ1n) is 34.6.